The van der Waals surface area contributed by atoms with Gasteiger partial charge in [-0.1, -0.05) is 42.8 Å². The minimum absolute atomic E-state index is 0.113. The second kappa shape index (κ2) is 11.1. The van der Waals surface area contributed by atoms with E-state index < -0.39 is 6.04 Å². The molecule has 150 valence electrons. The van der Waals surface area contributed by atoms with E-state index in [4.69, 9.17) is 11.6 Å². The second-order valence-corrected chi connectivity index (χ2v) is 7.73. The van der Waals surface area contributed by atoms with Gasteiger partial charge in [-0.25, -0.2) is 4.39 Å². The predicted octanol–water partition coefficient (Wildman–Crippen LogP) is 4.27. The van der Waals surface area contributed by atoms with Crippen LogP contribution in [-0.4, -0.2) is 35.6 Å². The van der Waals surface area contributed by atoms with E-state index >= 15 is 0 Å². The highest BCUT2D eigenvalue weighted by Crippen LogP contribution is 2.18. The smallest absolute Gasteiger partial charge is 0.242 e. The monoisotopic (exact) mass is 422 g/mol. The van der Waals surface area contributed by atoms with E-state index in [9.17, 15) is 14.0 Å². The Morgan fingerprint density at radius 1 is 1.11 bits per heavy atom. The zero-order valence-corrected chi connectivity index (χ0v) is 17.5. The third-order valence-electron chi connectivity index (χ3n) is 4.31. The van der Waals surface area contributed by atoms with Crippen molar-refractivity contribution in [2.24, 2.45) is 0 Å². The van der Waals surface area contributed by atoms with Gasteiger partial charge >= 0.3 is 0 Å². The summed E-state index contributed by atoms with van der Waals surface area (Å²) in [5, 5.41) is 3.26. The summed E-state index contributed by atoms with van der Waals surface area (Å²) in [7, 11) is 1.57. The van der Waals surface area contributed by atoms with Gasteiger partial charge < -0.3 is 10.2 Å². The molecule has 1 unspecified atom stereocenters. The molecule has 0 heterocycles. The van der Waals surface area contributed by atoms with Crippen molar-refractivity contribution in [3.63, 3.8) is 0 Å². The molecular formula is C21H24ClFN2O2S. The lowest BCUT2D eigenvalue weighted by Crippen LogP contribution is -2.48. The number of hydrogen-bond acceptors (Lipinski definition) is 3. The highest BCUT2D eigenvalue weighted by atomic mass is 35.5. The van der Waals surface area contributed by atoms with E-state index in [-0.39, 0.29) is 23.4 Å². The Kier molecular flexibility index (Phi) is 8.80. The lowest BCUT2D eigenvalue weighted by atomic mass is 10.1. The average molecular weight is 423 g/mol. The highest BCUT2D eigenvalue weighted by molar-refractivity contribution is 7.99. The third kappa shape index (κ3) is 6.53. The molecule has 2 rings (SSSR count). The van der Waals surface area contributed by atoms with Crippen LogP contribution in [0, 0.1) is 5.82 Å². The molecule has 0 saturated carbocycles. The molecule has 2 amide bonds. The number of rotatable bonds is 9. The minimum atomic E-state index is -0.542. The molecule has 0 aliphatic rings. The van der Waals surface area contributed by atoms with Gasteiger partial charge in [-0.2, -0.15) is 0 Å². The normalized spacial score (nSPS) is 11.7. The molecular weight excluding hydrogens is 399 g/mol. The first kappa shape index (κ1) is 22.2. The van der Waals surface area contributed by atoms with Crippen LogP contribution in [0.5, 0.6) is 0 Å². The number of likely N-dealkylation sites (N-methyl/N-ethyl adjacent to an activating group) is 1. The molecule has 7 heteroatoms. The van der Waals surface area contributed by atoms with Crippen molar-refractivity contribution in [3.8, 4) is 0 Å². The van der Waals surface area contributed by atoms with E-state index in [1.165, 1.54) is 23.9 Å². The Bertz CT molecular complexity index is 784. The average Bonchev–Trinajstić information content (AvgIpc) is 2.70. The van der Waals surface area contributed by atoms with E-state index in [0.717, 1.165) is 11.1 Å². The molecule has 0 bridgehead atoms. The van der Waals surface area contributed by atoms with Crippen molar-refractivity contribution in [1.29, 1.82) is 0 Å². The lowest BCUT2D eigenvalue weighted by Gasteiger charge is -2.30. The van der Waals surface area contributed by atoms with Crippen LogP contribution in [0.15, 0.2) is 48.5 Å². The zero-order chi connectivity index (χ0) is 20.5. The molecule has 0 aromatic heterocycles. The molecule has 0 radical (unpaired) electrons. The van der Waals surface area contributed by atoms with Crippen molar-refractivity contribution < 1.29 is 14.0 Å². The molecule has 28 heavy (non-hydrogen) atoms. The van der Waals surface area contributed by atoms with Gasteiger partial charge in [0.1, 0.15) is 11.9 Å². The van der Waals surface area contributed by atoms with Gasteiger partial charge in [0.05, 0.1) is 5.75 Å². The number of hydrogen-bond donors (Lipinski definition) is 1. The van der Waals surface area contributed by atoms with Gasteiger partial charge in [0, 0.05) is 24.4 Å². The van der Waals surface area contributed by atoms with Gasteiger partial charge in [-0.05, 0) is 41.8 Å². The number of benzene rings is 2. The summed E-state index contributed by atoms with van der Waals surface area (Å²) in [4.78, 5) is 26.8. The van der Waals surface area contributed by atoms with Gasteiger partial charge in [-0.15, -0.1) is 11.8 Å². The van der Waals surface area contributed by atoms with Crippen molar-refractivity contribution in [2.45, 2.75) is 31.7 Å². The van der Waals surface area contributed by atoms with Crippen LogP contribution in [0.3, 0.4) is 0 Å². The maximum absolute atomic E-state index is 13.0. The Labute approximate surface area is 174 Å². The Morgan fingerprint density at radius 3 is 2.29 bits per heavy atom. The minimum Gasteiger partial charge on any atom is -0.357 e. The van der Waals surface area contributed by atoms with Crippen molar-refractivity contribution in [3.05, 3.63) is 70.5 Å². The Hall–Kier alpha value is -2.05. The number of halogens is 2. The lowest BCUT2D eigenvalue weighted by molar-refractivity contribution is -0.139. The molecule has 1 atom stereocenters. The number of nitrogens with one attached hydrogen (secondary N) is 1. The van der Waals surface area contributed by atoms with E-state index in [0.29, 0.717) is 23.7 Å². The molecule has 1 N–H and O–H groups in total. The van der Waals surface area contributed by atoms with Crippen molar-refractivity contribution in [2.75, 3.05) is 12.8 Å². The summed E-state index contributed by atoms with van der Waals surface area (Å²) in [6, 6.07) is 12.9. The van der Waals surface area contributed by atoms with Crippen LogP contribution in [-0.2, 0) is 21.9 Å². The maximum atomic E-state index is 13.0. The first-order valence-electron chi connectivity index (χ1n) is 9.02. The summed E-state index contributed by atoms with van der Waals surface area (Å²) in [6.07, 6.45) is 0.516. The van der Waals surface area contributed by atoms with Crippen LogP contribution in [0.4, 0.5) is 4.39 Å². The molecule has 0 spiro atoms. The molecule has 0 aliphatic heterocycles. The fraction of sp³-hybridized carbons (Fsp3) is 0.333. The first-order chi connectivity index (χ1) is 13.4. The Balaban J connectivity index is 2.07. The number of carbonyl (C=O) groups is 2. The van der Waals surface area contributed by atoms with Crippen LogP contribution in [0.25, 0.3) is 0 Å². The number of thioether (sulfide) groups is 1. The molecule has 0 fully saturated rings. The van der Waals surface area contributed by atoms with Crippen LogP contribution < -0.4 is 5.32 Å². The number of nitrogens with zero attached hydrogens (tertiary/aromatic N) is 1. The first-order valence-corrected chi connectivity index (χ1v) is 10.6. The quantitative estimate of drug-likeness (QED) is 0.656. The van der Waals surface area contributed by atoms with E-state index in [2.05, 4.69) is 5.32 Å². The molecule has 0 aliphatic carbocycles. The SMILES string of the molecule is CCC(C(=O)NC)N(Cc1ccc(Cl)cc1)C(=O)CSCc1ccc(F)cc1. The van der Waals surface area contributed by atoms with Crippen molar-refractivity contribution >= 4 is 35.2 Å². The molecule has 0 saturated heterocycles. The third-order valence-corrected chi connectivity index (χ3v) is 5.55. The number of amides is 2. The Morgan fingerprint density at radius 2 is 1.71 bits per heavy atom. The number of carbonyl (C=O) groups excluding carboxylic acids is 2. The van der Waals surface area contributed by atoms with Gasteiger partial charge in [-0.3, -0.25) is 9.59 Å². The molecule has 2 aromatic rings. The summed E-state index contributed by atoms with van der Waals surface area (Å²) < 4.78 is 13.0. The summed E-state index contributed by atoms with van der Waals surface area (Å²) in [5.41, 5.74) is 1.85. The topological polar surface area (TPSA) is 49.4 Å². The largest absolute Gasteiger partial charge is 0.357 e. The van der Waals surface area contributed by atoms with Crippen molar-refractivity contribution in [1.82, 2.24) is 10.2 Å². The van der Waals surface area contributed by atoms with E-state index in [1.807, 2.05) is 19.1 Å². The van der Waals surface area contributed by atoms with Gasteiger partial charge in [0.2, 0.25) is 11.8 Å². The maximum Gasteiger partial charge on any atom is 0.242 e. The van der Waals surface area contributed by atoms with Crippen LogP contribution in [0.1, 0.15) is 24.5 Å². The van der Waals surface area contributed by atoms with E-state index in [1.54, 1.807) is 36.2 Å². The second-order valence-electron chi connectivity index (χ2n) is 6.31. The zero-order valence-electron chi connectivity index (χ0n) is 16.0. The predicted molar refractivity (Wildman–Crippen MR) is 113 cm³/mol. The standard InChI is InChI=1S/C21H24ClFN2O2S/c1-3-19(21(27)24-2)25(12-15-4-8-17(22)9-5-15)20(26)14-28-13-16-6-10-18(23)11-7-16/h4-11,19H,3,12-14H2,1-2H3,(H,24,27). The summed E-state index contributed by atoms with van der Waals surface area (Å²) in [6.45, 7) is 2.22. The highest BCUT2D eigenvalue weighted by Gasteiger charge is 2.27. The summed E-state index contributed by atoms with van der Waals surface area (Å²) in [5.74, 6) is 0.247. The van der Waals surface area contributed by atoms with Crippen LogP contribution >= 0.6 is 23.4 Å². The fourth-order valence-electron chi connectivity index (χ4n) is 2.79. The fourth-order valence-corrected chi connectivity index (χ4v) is 3.79. The van der Waals surface area contributed by atoms with Gasteiger partial charge in [0.15, 0.2) is 0 Å². The van der Waals surface area contributed by atoms with Gasteiger partial charge in [0.25, 0.3) is 0 Å². The van der Waals surface area contributed by atoms with Crippen LogP contribution in [0.2, 0.25) is 5.02 Å². The molecule has 4 nitrogen and oxygen atoms in total. The summed E-state index contributed by atoms with van der Waals surface area (Å²) >= 11 is 7.38. The molecule has 2 aromatic carbocycles.